The van der Waals surface area contributed by atoms with Crippen molar-refractivity contribution in [3.8, 4) is 0 Å². The number of nitrogens with two attached hydrogens (primary N) is 5. The molecule has 0 aromatic heterocycles. The van der Waals surface area contributed by atoms with Gasteiger partial charge < -0.3 is 33.6 Å². The molecule has 0 aliphatic rings. The highest BCUT2D eigenvalue weighted by molar-refractivity contribution is 5.92. The fraction of sp³-hybridized carbons (Fsp3) is 0.769. The van der Waals surface area contributed by atoms with Gasteiger partial charge in [-0.25, -0.2) is 0 Å². The maximum Gasteiger partial charge on any atom is 0.244 e. The molecule has 11 heteroatoms. The van der Waals surface area contributed by atoms with E-state index >= 15 is 0 Å². The topological polar surface area (TPSA) is 217 Å². The Morgan fingerprint density at radius 3 is 1.92 bits per heavy atom. The van der Waals surface area contributed by atoms with Crippen molar-refractivity contribution < 1.29 is 14.4 Å². The minimum atomic E-state index is -0.994. The van der Waals surface area contributed by atoms with Crippen LogP contribution in [-0.2, 0) is 14.4 Å². The number of carbonyl (C=O) groups is 3. The van der Waals surface area contributed by atoms with Crippen molar-refractivity contribution in [2.75, 3.05) is 19.6 Å². The highest BCUT2D eigenvalue weighted by Gasteiger charge is 2.26. The number of carbonyl (C=O) groups excluding carboxylic acids is 3. The molecule has 24 heavy (non-hydrogen) atoms. The molecule has 0 saturated heterocycles. The van der Waals surface area contributed by atoms with E-state index < -0.39 is 35.8 Å². The van der Waals surface area contributed by atoms with Gasteiger partial charge in [-0.2, -0.15) is 0 Å². The molecule has 13 N–H and O–H groups in total. The second-order valence-electron chi connectivity index (χ2n) is 5.40. The van der Waals surface area contributed by atoms with E-state index in [0.717, 1.165) is 0 Å². The summed E-state index contributed by atoms with van der Waals surface area (Å²) in [4.78, 5) is 35.6. The molecule has 0 aromatic carbocycles. The highest BCUT2D eigenvalue weighted by atomic mass is 16.2. The summed E-state index contributed by atoms with van der Waals surface area (Å²) in [6.45, 7) is 0.737. The molecule has 0 fully saturated rings. The van der Waals surface area contributed by atoms with E-state index in [1.165, 1.54) is 0 Å². The van der Waals surface area contributed by atoms with E-state index in [2.05, 4.69) is 16.1 Å². The average Bonchev–Trinajstić information content (AvgIpc) is 2.55. The summed E-state index contributed by atoms with van der Waals surface area (Å²) < 4.78 is 0. The van der Waals surface area contributed by atoms with Gasteiger partial charge in [0.25, 0.3) is 0 Å². The first-order chi connectivity index (χ1) is 11.4. The highest BCUT2D eigenvalue weighted by Crippen LogP contribution is 1.98. The SMILES string of the molecule is NCCC[C@@H](N)C(=O)N[C@H](CNN)C(=O)N[C@H](CCCN)C(N)=O. The van der Waals surface area contributed by atoms with Gasteiger partial charge in [-0.1, -0.05) is 0 Å². The molecule has 0 spiro atoms. The minimum absolute atomic E-state index is 0.0381. The molecule has 0 aliphatic heterocycles. The molecular weight excluding hydrogens is 316 g/mol. The van der Waals surface area contributed by atoms with Gasteiger partial charge in [0.05, 0.1) is 6.04 Å². The number of amides is 3. The van der Waals surface area contributed by atoms with Crippen LogP contribution >= 0.6 is 0 Å². The molecule has 0 saturated carbocycles. The number of nitrogens with one attached hydrogen (secondary N) is 3. The second-order valence-corrected chi connectivity index (χ2v) is 5.40. The van der Waals surface area contributed by atoms with Crippen molar-refractivity contribution in [1.29, 1.82) is 0 Å². The predicted molar refractivity (Wildman–Crippen MR) is 89.8 cm³/mol. The Bertz CT molecular complexity index is 407. The molecule has 3 atom stereocenters. The standard InChI is InChI=1S/C13H30N8O3/c14-5-1-3-8(16)12(23)21-10(7-19-18)13(24)20-9(11(17)22)4-2-6-15/h8-10,19H,1-7,14-16,18H2,(H2,17,22)(H,20,24)(H,21,23)/t8-,9-,10-/m1/s1. The van der Waals surface area contributed by atoms with E-state index in [9.17, 15) is 14.4 Å². The first kappa shape index (κ1) is 22.2. The molecule has 0 radical (unpaired) electrons. The van der Waals surface area contributed by atoms with Gasteiger partial charge in [-0.3, -0.25) is 25.7 Å². The number of rotatable bonds is 13. The quantitative estimate of drug-likeness (QED) is 0.120. The Morgan fingerprint density at radius 2 is 1.42 bits per heavy atom. The van der Waals surface area contributed by atoms with Crippen LogP contribution in [-0.4, -0.2) is 55.5 Å². The lowest BCUT2D eigenvalue weighted by molar-refractivity contribution is -0.131. The van der Waals surface area contributed by atoms with Crippen LogP contribution in [0.3, 0.4) is 0 Å². The van der Waals surface area contributed by atoms with Crippen LogP contribution in [0.1, 0.15) is 25.7 Å². The summed E-state index contributed by atoms with van der Waals surface area (Å²) in [6, 6.07) is -2.65. The van der Waals surface area contributed by atoms with Crippen molar-refractivity contribution in [3.05, 3.63) is 0 Å². The van der Waals surface area contributed by atoms with Gasteiger partial charge in [0, 0.05) is 6.54 Å². The summed E-state index contributed by atoms with van der Waals surface area (Å²) in [7, 11) is 0. The maximum absolute atomic E-state index is 12.3. The Balaban J connectivity index is 4.74. The third-order valence-electron chi connectivity index (χ3n) is 3.37. The number of hydrogen-bond donors (Lipinski definition) is 8. The molecule has 0 bridgehead atoms. The van der Waals surface area contributed by atoms with Gasteiger partial charge in [0.15, 0.2) is 0 Å². The van der Waals surface area contributed by atoms with Crippen LogP contribution in [0.5, 0.6) is 0 Å². The molecule has 0 aromatic rings. The molecule has 3 amide bonds. The van der Waals surface area contributed by atoms with Gasteiger partial charge in [0.2, 0.25) is 17.7 Å². The smallest absolute Gasteiger partial charge is 0.244 e. The third kappa shape index (κ3) is 8.74. The summed E-state index contributed by atoms with van der Waals surface area (Å²) in [5.41, 5.74) is 24.0. The number of primary amides is 1. The summed E-state index contributed by atoms with van der Waals surface area (Å²) in [6.07, 6.45) is 1.81. The number of hydrogen-bond acceptors (Lipinski definition) is 8. The van der Waals surface area contributed by atoms with Gasteiger partial charge >= 0.3 is 0 Å². The molecule has 0 heterocycles. The van der Waals surface area contributed by atoms with E-state index in [1.807, 2.05) is 0 Å². The largest absolute Gasteiger partial charge is 0.368 e. The Hall–Kier alpha value is -1.79. The second kappa shape index (κ2) is 12.6. The van der Waals surface area contributed by atoms with E-state index in [4.69, 9.17) is 28.8 Å². The van der Waals surface area contributed by atoms with Crippen LogP contribution in [0.2, 0.25) is 0 Å². The zero-order valence-electron chi connectivity index (χ0n) is 13.8. The van der Waals surface area contributed by atoms with Crippen LogP contribution in [0.25, 0.3) is 0 Å². The third-order valence-corrected chi connectivity index (χ3v) is 3.37. The zero-order valence-corrected chi connectivity index (χ0v) is 13.8. The Labute approximate surface area is 141 Å². The molecule has 0 aliphatic carbocycles. The lowest BCUT2D eigenvalue weighted by atomic mass is 10.1. The first-order valence-corrected chi connectivity index (χ1v) is 7.86. The van der Waals surface area contributed by atoms with E-state index in [0.29, 0.717) is 38.8 Å². The summed E-state index contributed by atoms with van der Waals surface area (Å²) >= 11 is 0. The van der Waals surface area contributed by atoms with Gasteiger partial charge in [0.1, 0.15) is 12.1 Å². The lowest BCUT2D eigenvalue weighted by Crippen LogP contribution is -2.58. The average molecular weight is 346 g/mol. The van der Waals surface area contributed by atoms with Crippen molar-refractivity contribution in [2.45, 2.75) is 43.8 Å². The van der Waals surface area contributed by atoms with Crippen LogP contribution < -0.4 is 44.8 Å². The molecule has 140 valence electrons. The van der Waals surface area contributed by atoms with Crippen LogP contribution in [0.15, 0.2) is 0 Å². The predicted octanol–water partition coefficient (Wildman–Crippen LogP) is -4.29. The zero-order chi connectivity index (χ0) is 18.5. The van der Waals surface area contributed by atoms with Gasteiger partial charge in [-0.05, 0) is 38.8 Å². The summed E-state index contributed by atoms with van der Waals surface area (Å²) in [5.74, 6) is 3.46. The number of hydrazine groups is 1. The first-order valence-electron chi connectivity index (χ1n) is 7.86. The fourth-order valence-electron chi connectivity index (χ4n) is 1.95. The van der Waals surface area contributed by atoms with Gasteiger partial charge in [-0.15, -0.1) is 0 Å². The maximum atomic E-state index is 12.3. The van der Waals surface area contributed by atoms with Crippen molar-refractivity contribution in [1.82, 2.24) is 16.1 Å². The fourth-order valence-corrected chi connectivity index (χ4v) is 1.95. The summed E-state index contributed by atoms with van der Waals surface area (Å²) in [5, 5.41) is 4.97. The van der Waals surface area contributed by atoms with Crippen LogP contribution in [0, 0.1) is 0 Å². The Kier molecular flexibility index (Phi) is 11.7. The lowest BCUT2D eigenvalue weighted by Gasteiger charge is -2.23. The molecular formula is C13H30N8O3. The van der Waals surface area contributed by atoms with Crippen molar-refractivity contribution in [2.24, 2.45) is 28.8 Å². The molecule has 11 nitrogen and oxygen atoms in total. The van der Waals surface area contributed by atoms with Crippen molar-refractivity contribution >= 4 is 17.7 Å². The van der Waals surface area contributed by atoms with E-state index in [-0.39, 0.29) is 6.54 Å². The van der Waals surface area contributed by atoms with Crippen molar-refractivity contribution in [3.63, 3.8) is 0 Å². The molecule has 0 rings (SSSR count). The normalized spacial score (nSPS) is 14.5. The van der Waals surface area contributed by atoms with E-state index in [1.54, 1.807) is 0 Å². The minimum Gasteiger partial charge on any atom is -0.368 e. The Morgan fingerprint density at radius 1 is 0.875 bits per heavy atom. The monoisotopic (exact) mass is 346 g/mol. The molecule has 0 unspecified atom stereocenters. The van der Waals surface area contributed by atoms with Crippen LogP contribution in [0.4, 0.5) is 0 Å².